The molecule has 9 heteroatoms. The first-order valence-corrected chi connectivity index (χ1v) is 17.4. The first-order valence-electron chi connectivity index (χ1n) is 17.4. The second-order valence-electron chi connectivity index (χ2n) is 11.2. The van der Waals surface area contributed by atoms with Crippen LogP contribution in [0.1, 0.15) is 120 Å². The largest absolute Gasteiger partial charge is 0.463 e. The van der Waals surface area contributed by atoms with Gasteiger partial charge in [-0.25, -0.2) is 4.79 Å². The summed E-state index contributed by atoms with van der Waals surface area (Å²) >= 11 is 0. The van der Waals surface area contributed by atoms with Crippen LogP contribution in [0.25, 0.3) is 0 Å². The zero-order valence-electron chi connectivity index (χ0n) is 27.9. The number of ketones is 1. The standard InChI is InChI=1S/C36H60O9/c1-2-3-4-5-6-7-8-9-10-11-12-13-14-15-19-22-34(37)44-31-29-42-27-25-40-23-24-41-26-28-43-30-32-45-36(39)35(38)33-20-17-16-18-21-33/h16-18,20-21H,2-15,19,22-32H2,1H3. The maximum Gasteiger partial charge on any atom is 0.379 e. The van der Waals surface area contributed by atoms with Gasteiger partial charge in [0.2, 0.25) is 0 Å². The maximum absolute atomic E-state index is 11.9. The Bertz CT molecular complexity index is 831. The Hall–Kier alpha value is -2.33. The van der Waals surface area contributed by atoms with Gasteiger partial charge in [-0.2, -0.15) is 0 Å². The third-order valence-corrected chi connectivity index (χ3v) is 7.27. The van der Waals surface area contributed by atoms with Gasteiger partial charge in [0.05, 0.1) is 52.9 Å². The minimum atomic E-state index is -0.895. The Balaban J connectivity index is 1.73. The van der Waals surface area contributed by atoms with Crippen molar-refractivity contribution in [2.24, 2.45) is 0 Å². The van der Waals surface area contributed by atoms with Crippen molar-refractivity contribution in [3.63, 3.8) is 0 Å². The first kappa shape index (κ1) is 40.7. The smallest absolute Gasteiger partial charge is 0.379 e. The molecule has 0 unspecified atom stereocenters. The van der Waals surface area contributed by atoms with E-state index in [-0.39, 0.29) is 25.8 Å². The van der Waals surface area contributed by atoms with Gasteiger partial charge in [0.1, 0.15) is 13.2 Å². The van der Waals surface area contributed by atoms with Gasteiger partial charge in [0, 0.05) is 12.0 Å². The molecule has 1 aromatic rings. The number of benzene rings is 1. The summed E-state index contributed by atoms with van der Waals surface area (Å²) in [7, 11) is 0. The van der Waals surface area contributed by atoms with Crippen LogP contribution in [0, 0.1) is 0 Å². The van der Waals surface area contributed by atoms with E-state index in [1.54, 1.807) is 30.3 Å². The van der Waals surface area contributed by atoms with Crippen molar-refractivity contribution in [3.8, 4) is 0 Å². The van der Waals surface area contributed by atoms with Gasteiger partial charge >= 0.3 is 11.9 Å². The van der Waals surface area contributed by atoms with Crippen molar-refractivity contribution >= 4 is 17.7 Å². The van der Waals surface area contributed by atoms with E-state index in [1.165, 1.54) is 83.5 Å². The van der Waals surface area contributed by atoms with Crippen molar-refractivity contribution in [1.29, 1.82) is 0 Å². The van der Waals surface area contributed by atoms with Gasteiger partial charge in [-0.3, -0.25) is 9.59 Å². The lowest BCUT2D eigenvalue weighted by atomic mass is 10.0. The molecule has 0 atom stereocenters. The zero-order valence-corrected chi connectivity index (χ0v) is 27.9. The Morgan fingerprint density at radius 2 is 0.844 bits per heavy atom. The first-order chi connectivity index (χ1) is 22.1. The van der Waals surface area contributed by atoms with Crippen molar-refractivity contribution in [2.45, 2.75) is 110 Å². The SMILES string of the molecule is CCCCCCCCCCCCCCCCCC(=O)OCCOCCOCCOCCOCCOC(=O)C(=O)c1ccccc1. The van der Waals surface area contributed by atoms with Crippen LogP contribution < -0.4 is 0 Å². The van der Waals surface area contributed by atoms with E-state index in [2.05, 4.69) is 6.92 Å². The average molecular weight is 637 g/mol. The Labute approximate surface area is 272 Å². The number of carbonyl (C=O) groups is 3. The van der Waals surface area contributed by atoms with Crippen LogP contribution >= 0.6 is 0 Å². The molecule has 0 fully saturated rings. The Morgan fingerprint density at radius 3 is 1.29 bits per heavy atom. The fourth-order valence-corrected chi connectivity index (χ4v) is 4.66. The molecule has 45 heavy (non-hydrogen) atoms. The Morgan fingerprint density at radius 1 is 0.467 bits per heavy atom. The summed E-state index contributed by atoms with van der Waals surface area (Å²) in [5.74, 6) is -1.72. The van der Waals surface area contributed by atoms with E-state index in [4.69, 9.17) is 28.4 Å². The molecule has 0 aliphatic heterocycles. The predicted molar refractivity (Wildman–Crippen MR) is 176 cm³/mol. The highest BCUT2D eigenvalue weighted by Gasteiger charge is 2.17. The Kier molecular flexibility index (Phi) is 28.6. The molecule has 1 aromatic carbocycles. The number of rotatable bonds is 33. The van der Waals surface area contributed by atoms with Crippen molar-refractivity contribution in [1.82, 2.24) is 0 Å². The zero-order chi connectivity index (χ0) is 32.5. The topological polar surface area (TPSA) is 107 Å². The minimum absolute atomic E-state index is 0.000739. The van der Waals surface area contributed by atoms with Gasteiger partial charge < -0.3 is 28.4 Å². The fraction of sp³-hybridized carbons (Fsp3) is 0.750. The molecule has 0 saturated carbocycles. The second kappa shape index (κ2) is 31.6. The van der Waals surface area contributed by atoms with Crippen LogP contribution in [0.15, 0.2) is 30.3 Å². The molecule has 0 saturated heterocycles. The van der Waals surface area contributed by atoms with Crippen LogP contribution in [0.3, 0.4) is 0 Å². The summed E-state index contributed by atoms with van der Waals surface area (Å²) in [6.45, 7) is 5.49. The van der Waals surface area contributed by atoms with Crippen LogP contribution in [-0.4, -0.2) is 83.8 Å². The second-order valence-corrected chi connectivity index (χ2v) is 11.2. The van der Waals surface area contributed by atoms with Crippen molar-refractivity contribution in [3.05, 3.63) is 35.9 Å². The van der Waals surface area contributed by atoms with E-state index >= 15 is 0 Å². The summed E-state index contributed by atoms with van der Waals surface area (Å²) in [5, 5.41) is 0. The molecule has 0 heterocycles. The third kappa shape index (κ3) is 26.6. The van der Waals surface area contributed by atoms with E-state index in [9.17, 15) is 14.4 Å². The monoisotopic (exact) mass is 636 g/mol. The molecule has 1 rings (SSSR count). The van der Waals surface area contributed by atoms with Crippen molar-refractivity contribution in [2.75, 3.05) is 66.1 Å². The van der Waals surface area contributed by atoms with Gasteiger partial charge in [0.15, 0.2) is 0 Å². The summed E-state index contributed by atoms with van der Waals surface area (Å²) in [6, 6.07) is 8.27. The quantitative estimate of drug-likeness (QED) is 0.0340. The summed E-state index contributed by atoms with van der Waals surface area (Å²) in [4.78, 5) is 35.5. The number of carbonyl (C=O) groups excluding carboxylic acids is 3. The molecule has 9 nitrogen and oxygen atoms in total. The summed E-state index contributed by atoms with van der Waals surface area (Å²) in [5.41, 5.74) is 0.298. The van der Waals surface area contributed by atoms with Crippen LogP contribution in [0.2, 0.25) is 0 Å². The number of hydrogen-bond donors (Lipinski definition) is 0. The van der Waals surface area contributed by atoms with Crippen molar-refractivity contribution < 1.29 is 42.8 Å². The molecule has 0 aliphatic rings. The molecule has 0 amide bonds. The lowest BCUT2D eigenvalue weighted by molar-refractivity contribution is -0.145. The fourth-order valence-electron chi connectivity index (χ4n) is 4.66. The average Bonchev–Trinajstić information content (AvgIpc) is 3.06. The summed E-state index contributed by atoms with van der Waals surface area (Å²) < 4.78 is 31.8. The normalized spacial score (nSPS) is 11.0. The van der Waals surface area contributed by atoms with E-state index in [0.29, 0.717) is 58.2 Å². The van der Waals surface area contributed by atoms with E-state index in [0.717, 1.165) is 12.8 Å². The maximum atomic E-state index is 11.9. The molecule has 0 aromatic heterocycles. The van der Waals surface area contributed by atoms with Gasteiger partial charge in [-0.1, -0.05) is 127 Å². The van der Waals surface area contributed by atoms with Gasteiger partial charge in [0.25, 0.3) is 5.78 Å². The lowest BCUT2D eigenvalue weighted by Crippen LogP contribution is -2.20. The molecule has 0 aliphatic carbocycles. The number of unbranched alkanes of at least 4 members (excludes halogenated alkanes) is 14. The molecular weight excluding hydrogens is 576 g/mol. The molecule has 0 N–H and O–H groups in total. The highest BCUT2D eigenvalue weighted by atomic mass is 16.6. The highest BCUT2D eigenvalue weighted by Crippen LogP contribution is 2.14. The molecule has 0 spiro atoms. The number of Topliss-reactive ketones (excluding diaryl/α,β-unsaturated/α-hetero) is 1. The highest BCUT2D eigenvalue weighted by molar-refractivity contribution is 6.40. The summed E-state index contributed by atoms with van der Waals surface area (Å²) in [6.07, 6.45) is 20.1. The minimum Gasteiger partial charge on any atom is -0.463 e. The molecule has 0 radical (unpaired) electrons. The lowest BCUT2D eigenvalue weighted by Gasteiger charge is -2.08. The molecule has 258 valence electrons. The number of hydrogen-bond acceptors (Lipinski definition) is 9. The van der Waals surface area contributed by atoms with E-state index in [1.807, 2.05) is 0 Å². The third-order valence-electron chi connectivity index (χ3n) is 7.27. The van der Waals surface area contributed by atoms with Crippen LogP contribution in [0.4, 0.5) is 0 Å². The number of esters is 2. The van der Waals surface area contributed by atoms with Crippen LogP contribution in [0.5, 0.6) is 0 Å². The molecule has 0 bridgehead atoms. The molecular formula is C36H60O9. The number of ether oxygens (including phenoxy) is 6. The van der Waals surface area contributed by atoms with Gasteiger partial charge in [-0.15, -0.1) is 0 Å². The van der Waals surface area contributed by atoms with Crippen LogP contribution in [-0.2, 0) is 38.0 Å². The van der Waals surface area contributed by atoms with Gasteiger partial charge in [-0.05, 0) is 6.42 Å². The predicted octanol–water partition coefficient (Wildman–Crippen LogP) is 7.28. The van der Waals surface area contributed by atoms with E-state index < -0.39 is 11.8 Å².